The molecule has 1 aliphatic rings. The van der Waals surface area contributed by atoms with Crippen LogP contribution in [-0.2, 0) is 21.5 Å². The lowest BCUT2D eigenvalue weighted by Crippen LogP contribution is -2.50. The van der Waals surface area contributed by atoms with E-state index in [1.54, 1.807) is 7.05 Å². The van der Waals surface area contributed by atoms with Gasteiger partial charge < -0.3 is 10.0 Å². The highest BCUT2D eigenvalue weighted by atomic mass is 16.4. The van der Waals surface area contributed by atoms with Crippen LogP contribution in [0.15, 0.2) is 18.2 Å². The molecule has 0 heterocycles. The molecule has 1 unspecified atom stereocenters. The van der Waals surface area contributed by atoms with Gasteiger partial charge in [-0.3, -0.25) is 4.79 Å². The first kappa shape index (κ1) is 12.6. The number of benzene rings is 1. The Morgan fingerprint density at radius 2 is 2.06 bits per heavy atom. The fourth-order valence-corrected chi connectivity index (χ4v) is 2.73. The van der Waals surface area contributed by atoms with E-state index in [4.69, 9.17) is 0 Å². The monoisotopic (exact) mass is 247 g/mol. The first-order chi connectivity index (χ1) is 8.39. The van der Waals surface area contributed by atoms with Gasteiger partial charge in [0.05, 0.1) is 0 Å². The lowest BCUT2D eigenvalue weighted by atomic mass is 9.89. The summed E-state index contributed by atoms with van der Waals surface area (Å²) in [5, 5.41) is 9.63. The molecule has 1 aromatic rings. The molecule has 0 spiro atoms. The van der Waals surface area contributed by atoms with Crippen LogP contribution in [0.1, 0.15) is 30.0 Å². The summed E-state index contributed by atoms with van der Waals surface area (Å²) < 4.78 is 0. The van der Waals surface area contributed by atoms with Crippen molar-refractivity contribution in [3.05, 3.63) is 34.9 Å². The second-order valence-corrected chi connectivity index (χ2v) is 4.90. The number of carbonyl (C=O) groups excluding carboxylic acids is 1. The molecule has 0 fully saturated rings. The number of aliphatic carboxylic acids is 1. The largest absolute Gasteiger partial charge is 0.479 e. The first-order valence-electron chi connectivity index (χ1n) is 5.97. The number of aryl methyl sites for hydroxylation is 2. The Balaban J connectivity index is 2.64. The van der Waals surface area contributed by atoms with Crippen LogP contribution in [0.4, 0.5) is 0 Å². The SMILES string of the molecule is CC(=O)N(C)C1(C(=O)O)CCc2ccc(C)cc21. The second-order valence-electron chi connectivity index (χ2n) is 4.90. The molecule has 1 aromatic carbocycles. The van der Waals surface area contributed by atoms with Crippen LogP contribution in [0.2, 0.25) is 0 Å². The molecular formula is C14H17NO3. The summed E-state index contributed by atoms with van der Waals surface area (Å²) in [4.78, 5) is 24.7. The Morgan fingerprint density at radius 1 is 1.39 bits per heavy atom. The highest BCUT2D eigenvalue weighted by Crippen LogP contribution is 2.41. The molecule has 18 heavy (non-hydrogen) atoms. The Hall–Kier alpha value is -1.84. The van der Waals surface area contributed by atoms with Crippen molar-refractivity contribution in [2.75, 3.05) is 7.05 Å². The number of hydrogen-bond acceptors (Lipinski definition) is 2. The van der Waals surface area contributed by atoms with Crippen molar-refractivity contribution < 1.29 is 14.7 Å². The predicted molar refractivity (Wildman–Crippen MR) is 67.3 cm³/mol. The maximum atomic E-state index is 11.7. The molecule has 1 aliphatic carbocycles. The van der Waals surface area contributed by atoms with E-state index in [0.29, 0.717) is 12.8 Å². The van der Waals surface area contributed by atoms with Gasteiger partial charge in [-0.1, -0.05) is 23.8 Å². The molecule has 0 aromatic heterocycles. The van der Waals surface area contributed by atoms with Crippen LogP contribution in [0, 0.1) is 6.92 Å². The zero-order valence-corrected chi connectivity index (χ0v) is 10.9. The number of fused-ring (bicyclic) bond motifs is 1. The number of carboxylic acids is 1. The van der Waals surface area contributed by atoms with Gasteiger partial charge in [0.15, 0.2) is 5.54 Å². The summed E-state index contributed by atoms with van der Waals surface area (Å²) in [6.45, 7) is 3.33. The second kappa shape index (κ2) is 4.12. The van der Waals surface area contributed by atoms with Crippen molar-refractivity contribution in [2.24, 2.45) is 0 Å². The first-order valence-corrected chi connectivity index (χ1v) is 5.97. The topological polar surface area (TPSA) is 57.6 Å². The third kappa shape index (κ3) is 1.60. The van der Waals surface area contributed by atoms with Crippen LogP contribution in [0.3, 0.4) is 0 Å². The Kier molecular flexibility index (Phi) is 2.89. The molecular weight excluding hydrogens is 230 g/mol. The van der Waals surface area contributed by atoms with Gasteiger partial charge in [0, 0.05) is 14.0 Å². The smallest absolute Gasteiger partial charge is 0.334 e. The number of hydrogen-bond donors (Lipinski definition) is 1. The number of nitrogens with zero attached hydrogens (tertiary/aromatic N) is 1. The van der Waals surface area contributed by atoms with Gasteiger partial charge in [-0.2, -0.15) is 0 Å². The molecule has 4 heteroatoms. The quantitative estimate of drug-likeness (QED) is 0.865. The predicted octanol–water partition coefficient (Wildman–Crippen LogP) is 1.70. The van der Waals surface area contributed by atoms with Crippen molar-refractivity contribution in [1.29, 1.82) is 0 Å². The molecule has 0 radical (unpaired) electrons. The number of carbonyl (C=O) groups is 2. The fraction of sp³-hybridized carbons (Fsp3) is 0.429. The molecule has 4 nitrogen and oxygen atoms in total. The maximum absolute atomic E-state index is 11.7. The number of amides is 1. The molecule has 0 bridgehead atoms. The fourth-order valence-electron chi connectivity index (χ4n) is 2.73. The molecule has 96 valence electrons. The minimum absolute atomic E-state index is 0.230. The van der Waals surface area contributed by atoms with Crippen LogP contribution >= 0.6 is 0 Å². The Labute approximate surface area is 106 Å². The van der Waals surface area contributed by atoms with Crippen molar-refractivity contribution in [3.8, 4) is 0 Å². The highest BCUT2D eigenvalue weighted by molar-refractivity contribution is 5.88. The summed E-state index contributed by atoms with van der Waals surface area (Å²) in [5.74, 6) is -1.18. The third-order valence-corrected chi connectivity index (χ3v) is 3.87. The van der Waals surface area contributed by atoms with Gasteiger partial charge in [-0.15, -0.1) is 0 Å². The minimum atomic E-state index is -1.20. The normalized spacial score (nSPS) is 21.5. The Morgan fingerprint density at radius 3 is 2.61 bits per heavy atom. The number of carboxylic acid groups (broad SMARTS) is 1. The van der Waals surface area contributed by atoms with Gasteiger partial charge in [-0.05, 0) is 30.9 Å². The van der Waals surface area contributed by atoms with Crippen molar-refractivity contribution in [3.63, 3.8) is 0 Å². The van der Waals surface area contributed by atoms with Gasteiger partial charge >= 0.3 is 5.97 Å². The zero-order chi connectivity index (χ0) is 13.5. The summed E-state index contributed by atoms with van der Waals surface area (Å²) >= 11 is 0. The van der Waals surface area contributed by atoms with E-state index in [0.717, 1.165) is 16.7 Å². The van der Waals surface area contributed by atoms with E-state index < -0.39 is 11.5 Å². The molecule has 1 atom stereocenters. The van der Waals surface area contributed by atoms with E-state index in [1.165, 1.54) is 11.8 Å². The van der Waals surface area contributed by atoms with Gasteiger partial charge in [0.1, 0.15) is 0 Å². The van der Waals surface area contributed by atoms with Crippen LogP contribution in [0.25, 0.3) is 0 Å². The van der Waals surface area contributed by atoms with E-state index in [9.17, 15) is 14.7 Å². The van der Waals surface area contributed by atoms with Gasteiger partial charge in [-0.25, -0.2) is 4.79 Å². The lowest BCUT2D eigenvalue weighted by Gasteiger charge is -2.35. The van der Waals surface area contributed by atoms with E-state index >= 15 is 0 Å². The van der Waals surface area contributed by atoms with Crippen LogP contribution in [-0.4, -0.2) is 28.9 Å². The standard InChI is InChI=1S/C14H17NO3/c1-9-4-5-11-6-7-14(13(17)18,12(11)8-9)15(3)10(2)16/h4-5,8H,6-7H2,1-3H3,(H,17,18). The maximum Gasteiger partial charge on any atom is 0.334 e. The molecule has 1 N–H and O–H groups in total. The third-order valence-electron chi connectivity index (χ3n) is 3.87. The minimum Gasteiger partial charge on any atom is -0.479 e. The molecule has 2 rings (SSSR count). The summed E-state index contributed by atoms with van der Waals surface area (Å²) in [6, 6.07) is 5.82. The van der Waals surface area contributed by atoms with Crippen molar-refractivity contribution >= 4 is 11.9 Å². The Bertz CT molecular complexity index is 524. The van der Waals surface area contributed by atoms with Crippen molar-refractivity contribution in [1.82, 2.24) is 4.90 Å². The van der Waals surface area contributed by atoms with Crippen LogP contribution in [0.5, 0.6) is 0 Å². The summed E-state index contributed by atoms with van der Waals surface area (Å²) in [6.07, 6.45) is 1.14. The molecule has 1 amide bonds. The van der Waals surface area contributed by atoms with E-state index in [-0.39, 0.29) is 5.91 Å². The lowest BCUT2D eigenvalue weighted by molar-refractivity contribution is -0.157. The van der Waals surface area contributed by atoms with Crippen LogP contribution < -0.4 is 0 Å². The summed E-state index contributed by atoms with van der Waals surface area (Å²) in [7, 11) is 1.56. The molecule has 0 saturated heterocycles. The highest BCUT2D eigenvalue weighted by Gasteiger charge is 2.50. The molecule has 0 aliphatic heterocycles. The average molecular weight is 247 g/mol. The van der Waals surface area contributed by atoms with Crippen molar-refractivity contribution in [2.45, 2.75) is 32.2 Å². The van der Waals surface area contributed by atoms with Gasteiger partial charge in [0.2, 0.25) is 5.91 Å². The number of likely N-dealkylation sites (N-methyl/N-ethyl adjacent to an activating group) is 1. The van der Waals surface area contributed by atoms with Gasteiger partial charge in [0.25, 0.3) is 0 Å². The van der Waals surface area contributed by atoms with E-state index in [1.807, 2.05) is 25.1 Å². The summed E-state index contributed by atoms with van der Waals surface area (Å²) in [5.41, 5.74) is 1.59. The number of rotatable bonds is 2. The molecule has 0 saturated carbocycles. The zero-order valence-electron chi connectivity index (χ0n) is 10.9. The van der Waals surface area contributed by atoms with E-state index in [2.05, 4.69) is 0 Å². The average Bonchev–Trinajstić information content (AvgIpc) is 2.67.